The Kier molecular flexibility index (Phi) is 5.25. The van der Waals surface area contributed by atoms with Crippen LogP contribution in [-0.4, -0.2) is 6.04 Å². The van der Waals surface area contributed by atoms with Gasteiger partial charge in [0.1, 0.15) is 0 Å². The summed E-state index contributed by atoms with van der Waals surface area (Å²) in [5.74, 6) is 0. The molecule has 1 heteroatoms. The van der Waals surface area contributed by atoms with Gasteiger partial charge in [0.15, 0.2) is 0 Å². The van der Waals surface area contributed by atoms with Gasteiger partial charge in [-0.1, -0.05) is 84.9 Å². The number of para-hydroxylation sites is 1. The molecule has 0 spiro atoms. The SMILES string of the molecule is CC(C)N(c1ccccc1)c1ccc(-c2ccc(-c3ccccc3)cc2)cc1. The van der Waals surface area contributed by atoms with Crippen molar-refractivity contribution in [3.05, 3.63) is 109 Å². The van der Waals surface area contributed by atoms with Crippen LogP contribution in [0, 0.1) is 0 Å². The lowest BCUT2D eigenvalue weighted by Gasteiger charge is -2.29. The molecule has 1 nitrogen and oxygen atoms in total. The predicted molar refractivity (Wildman–Crippen MR) is 121 cm³/mol. The maximum Gasteiger partial charge on any atom is 0.0413 e. The normalized spacial score (nSPS) is 10.8. The fraction of sp³-hybridized carbons (Fsp3) is 0.111. The highest BCUT2D eigenvalue weighted by Gasteiger charge is 2.12. The van der Waals surface area contributed by atoms with Gasteiger partial charge in [-0.15, -0.1) is 0 Å². The molecule has 0 amide bonds. The summed E-state index contributed by atoms with van der Waals surface area (Å²) in [6, 6.07) is 39.1. The maximum absolute atomic E-state index is 2.36. The van der Waals surface area contributed by atoms with Crippen LogP contribution < -0.4 is 4.90 Å². The zero-order valence-electron chi connectivity index (χ0n) is 16.4. The van der Waals surface area contributed by atoms with Crippen molar-refractivity contribution in [2.24, 2.45) is 0 Å². The first-order valence-corrected chi connectivity index (χ1v) is 9.82. The molecule has 4 aromatic rings. The van der Waals surface area contributed by atoms with Crippen LogP contribution in [0.2, 0.25) is 0 Å². The minimum absolute atomic E-state index is 0.387. The molecule has 0 aliphatic carbocycles. The van der Waals surface area contributed by atoms with Crippen LogP contribution in [0.1, 0.15) is 13.8 Å². The van der Waals surface area contributed by atoms with E-state index in [1.54, 1.807) is 0 Å². The Balaban J connectivity index is 1.59. The van der Waals surface area contributed by atoms with Crippen molar-refractivity contribution in [3.8, 4) is 22.3 Å². The third-order valence-corrected chi connectivity index (χ3v) is 5.02. The molecule has 0 unspecified atom stereocenters. The molecule has 0 N–H and O–H groups in total. The van der Waals surface area contributed by atoms with Crippen molar-refractivity contribution in [3.63, 3.8) is 0 Å². The van der Waals surface area contributed by atoms with Gasteiger partial charge >= 0.3 is 0 Å². The third-order valence-electron chi connectivity index (χ3n) is 5.02. The molecular formula is C27H25N. The average molecular weight is 364 g/mol. The number of rotatable bonds is 5. The van der Waals surface area contributed by atoms with Crippen LogP contribution in [0.25, 0.3) is 22.3 Å². The zero-order valence-corrected chi connectivity index (χ0v) is 16.4. The average Bonchev–Trinajstić information content (AvgIpc) is 2.76. The smallest absolute Gasteiger partial charge is 0.0413 e. The minimum Gasteiger partial charge on any atom is -0.339 e. The Morgan fingerprint density at radius 1 is 0.429 bits per heavy atom. The molecule has 0 aromatic heterocycles. The highest BCUT2D eigenvalue weighted by Crippen LogP contribution is 2.31. The molecule has 0 bridgehead atoms. The molecule has 138 valence electrons. The van der Waals surface area contributed by atoms with Gasteiger partial charge < -0.3 is 4.90 Å². The highest BCUT2D eigenvalue weighted by molar-refractivity contribution is 5.73. The van der Waals surface area contributed by atoms with E-state index >= 15 is 0 Å². The van der Waals surface area contributed by atoms with Crippen LogP contribution in [0.3, 0.4) is 0 Å². The Bertz CT molecular complexity index is 1000. The second-order valence-electron chi connectivity index (χ2n) is 7.29. The molecule has 0 atom stereocenters. The Morgan fingerprint density at radius 2 is 0.786 bits per heavy atom. The fourth-order valence-corrected chi connectivity index (χ4v) is 3.63. The molecule has 0 aliphatic heterocycles. The molecule has 0 saturated carbocycles. The van der Waals surface area contributed by atoms with Crippen molar-refractivity contribution in [1.82, 2.24) is 0 Å². The van der Waals surface area contributed by atoms with Gasteiger partial charge in [0.25, 0.3) is 0 Å². The number of anilines is 2. The summed E-state index contributed by atoms with van der Waals surface area (Å²) >= 11 is 0. The van der Waals surface area contributed by atoms with E-state index in [1.165, 1.54) is 33.6 Å². The molecule has 0 heterocycles. The van der Waals surface area contributed by atoms with E-state index in [1.807, 2.05) is 0 Å². The molecule has 0 fully saturated rings. The fourth-order valence-electron chi connectivity index (χ4n) is 3.63. The van der Waals surface area contributed by atoms with E-state index in [0.717, 1.165) is 0 Å². The number of benzene rings is 4. The first-order valence-electron chi connectivity index (χ1n) is 9.82. The topological polar surface area (TPSA) is 3.24 Å². The van der Waals surface area contributed by atoms with Crippen molar-refractivity contribution < 1.29 is 0 Å². The van der Waals surface area contributed by atoms with Gasteiger partial charge in [-0.05, 0) is 60.4 Å². The van der Waals surface area contributed by atoms with Crippen molar-refractivity contribution in [2.45, 2.75) is 19.9 Å². The molecule has 28 heavy (non-hydrogen) atoms. The summed E-state index contributed by atoms with van der Waals surface area (Å²) in [6.07, 6.45) is 0. The first kappa shape index (κ1) is 18.1. The minimum atomic E-state index is 0.387. The summed E-state index contributed by atoms with van der Waals surface area (Å²) in [5.41, 5.74) is 7.40. The zero-order chi connectivity index (χ0) is 19.3. The predicted octanol–water partition coefficient (Wildman–Crippen LogP) is 7.57. The van der Waals surface area contributed by atoms with E-state index < -0.39 is 0 Å². The van der Waals surface area contributed by atoms with Gasteiger partial charge in [0.2, 0.25) is 0 Å². The molecular weight excluding hydrogens is 338 g/mol. The monoisotopic (exact) mass is 363 g/mol. The maximum atomic E-state index is 2.36. The molecule has 4 rings (SSSR count). The van der Waals surface area contributed by atoms with Crippen LogP contribution in [0.4, 0.5) is 11.4 Å². The number of nitrogens with zero attached hydrogens (tertiary/aromatic N) is 1. The summed E-state index contributed by atoms with van der Waals surface area (Å²) < 4.78 is 0. The van der Waals surface area contributed by atoms with Crippen molar-refractivity contribution in [1.29, 1.82) is 0 Å². The highest BCUT2D eigenvalue weighted by atomic mass is 15.2. The Labute approximate surface area is 167 Å². The van der Waals surface area contributed by atoms with Crippen LogP contribution in [-0.2, 0) is 0 Å². The van der Waals surface area contributed by atoms with E-state index in [4.69, 9.17) is 0 Å². The summed E-state index contributed by atoms with van der Waals surface area (Å²) in [6.45, 7) is 4.45. The molecule has 0 aliphatic rings. The van der Waals surface area contributed by atoms with E-state index in [0.29, 0.717) is 6.04 Å². The second kappa shape index (κ2) is 8.14. The number of hydrogen-bond acceptors (Lipinski definition) is 1. The first-order chi connectivity index (χ1) is 13.7. The van der Waals surface area contributed by atoms with Gasteiger partial charge in [0, 0.05) is 17.4 Å². The van der Waals surface area contributed by atoms with Gasteiger partial charge in [-0.2, -0.15) is 0 Å². The van der Waals surface area contributed by atoms with E-state index in [2.05, 4.69) is 128 Å². The lowest BCUT2D eigenvalue weighted by atomic mass is 10.00. The lowest BCUT2D eigenvalue weighted by Crippen LogP contribution is -2.25. The Hall–Kier alpha value is -3.32. The van der Waals surface area contributed by atoms with Gasteiger partial charge in [0.05, 0.1) is 0 Å². The number of hydrogen-bond donors (Lipinski definition) is 0. The van der Waals surface area contributed by atoms with Crippen molar-refractivity contribution in [2.75, 3.05) is 4.90 Å². The summed E-state index contributed by atoms with van der Waals surface area (Å²) in [5, 5.41) is 0. The quantitative estimate of drug-likeness (QED) is 0.353. The summed E-state index contributed by atoms with van der Waals surface area (Å²) in [7, 11) is 0. The Morgan fingerprint density at radius 3 is 1.25 bits per heavy atom. The lowest BCUT2D eigenvalue weighted by molar-refractivity contribution is 0.789. The molecule has 0 saturated heterocycles. The third kappa shape index (κ3) is 3.84. The van der Waals surface area contributed by atoms with Crippen molar-refractivity contribution >= 4 is 11.4 Å². The van der Waals surface area contributed by atoms with Gasteiger partial charge in [-0.3, -0.25) is 0 Å². The molecule has 4 aromatic carbocycles. The van der Waals surface area contributed by atoms with Gasteiger partial charge in [-0.25, -0.2) is 0 Å². The van der Waals surface area contributed by atoms with Crippen LogP contribution in [0.5, 0.6) is 0 Å². The molecule has 0 radical (unpaired) electrons. The largest absolute Gasteiger partial charge is 0.339 e. The summed E-state index contributed by atoms with van der Waals surface area (Å²) in [4.78, 5) is 2.36. The van der Waals surface area contributed by atoms with Crippen LogP contribution in [0.15, 0.2) is 109 Å². The van der Waals surface area contributed by atoms with E-state index in [9.17, 15) is 0 Å². The van der Waals surface area contributed by atoms with E-state index in [-0.39, 0.29) is 0 Å². The second-order valence-corrected chi connectivity index (χ2v) is 7.29. The standard InChI is InChI=1S/C27H25N/c1-21(2)28(26-11-7-4-8-12-26)27-19-17-25(18-20-27)24-15-13-23(14-16-24)22-9-5-3-6-10-22/h3-21H,1-2H3. The van der Waals surface area contributed by atoms with Crippen LogP contribution >= 0.6 is 0 Å².